The molecule has 3 rings (SSSR count). The molecular weight excluding hydrogens is 332 g/mol. The Labute approximate surface area is 141 Å². The Kier molecular flexibility index (Phi) is 3.97. The normalized spacial score (nSPS) is 19.0. The van der Waals surface area contributed by atoms with E-state index in [1.54, 1.807) is 0 Å². The second-order valence-electron chi connectivity index (χ2n) is 5.51. The zero-order valence-electron chi connectivity index (χ0n) is 13.0. The number of hydrogen-bond donors (Lipinski definition) is 4. The zero-order chi connectivity index (χ0) is 18.3. The minimum atomic E-state index is -1.64. The number of fused-ring (bicyclic) bond motifs is 1. The average Bonchev–Trinajstić information content (AvgIpc) is 2.52. The Morgan fingerprint density at radius 2 is 1.84 bits per heavy atom. The van der Waals surface area contributed by atoms with E-state index in [-0.39, 0.29) is 34.1 Å². The fourth-order valence-corrected chi connectivity index (χ4v) is 2.60. The number of carbonyl (C=O) groups is 2. The van der Waals surface area contributed by atoms with Crippen LogP contribution in [0.25, 0.3) is 0 Å². The van der Waals surface area contributed by atoms with Crippen LogP contribution in [-0.2, 0) is 4.79 Å². The predicted molar refractivity (Wildman–Crippen MR) is 82.9 cm³/mol. The van der Waals surface area contributed by atoms with Gasteiger partial charge in [-0.1, -0.05) is 6.07 Å². The number of phenolic OH excluding ortho intramolecular Hbond substituents is 3. The van der Waals surface area contributed by atoms with Gasteiger partial charge in [-0.25, -0.2) is 0 Å². The standard InChI is InChI=1S/C17H14O8/c1-7(18)24-12-5-9(19)6-13-14(12)15(22)16(23)17(25-13)8-2-3-10(20)11(21)4-8/h2-6,16-17,19-21,23H,1H3/t16-,17+/m0/s1. The summed E-state index contributed by atoms with van der Waals surface area (Å²) in [6.07, 6.45) is -2.83. The lowest BCUT2D eigenvalue weighted by atomic mass is 9.92. The fourth-order valence-electron chi connectivity index (χ4n) is 2.60. The number of phenols is 3. The van der Waals surface area contributed by atoms with Gasteiger partial charge in [0.1, 0.15) is 22.8 Å². The molecule has 0 fully saturated rings. The molecular formula is C17H14O8. The summed E-state index contributed by atoms with van der Waals surface area (Å²) in [5, 5.41) is 39.0. The van der Waals surface area contributed by atoms with Crippen LogP contribution in [0.3, 0.4) is 0 Å². The van der Waals surface area contributed by atoms with Crippen LogP contribution in [0.4, 0.5) is 0 Å². The van der Waals surface area contributed by atoms with Gasteiger partial charge in [-0.3, -0.25) is 9.59 Å². The first-order valence-electron chi connectivity index (χ1n) is 7.24. The number of carbonyl (C=O) groups excluding carboxylic acids is 2. The number of aliphatic hydroxyl groups excluding tert-OH is 1. The highest BCUT2D eigenvalue weighted by molar-refractivity contribution is 6.06. The summed E-state index contributed by atoms with van der Waals surface area (Å²) in [5.74, 6) is -2.89. The van der Waals surface area contributed by atoms with E-state index >= 15 is 0 Å². The van der Waals surface area contributed by atoms with Gasteiger partial charge in [0.25, 0.3) is 0 Å². The van der Waals surface area contributed by atoms with Crippen LogP contribution in [0.1, 0.15) is 28.9 Å². The van der Waals surface area contributed by atoms with Gasteiger partial charge in [0, 0.05) is 19.1 Å². The average molecular weight is 346 g/mol. The Hall–Kier alpha value is -3.26. The van der Waals surface area contributed by atoms with Gasteiger partial charge in [-0.05, 0) is 17.7 Å². The molecule has 0 saturated carbocycles. The van der Waals surface area contributed by atoms with Gasteiger partial charge >= 0.3 is 5.97 Å². The van der Waals surface area contributed by atoms with E-state index in [0.29, 0.717) is 0 Å². The third-order valence-electron chi connectivity index (χ3n) is 3.69. The van der Waals surface area contributed by atoms with Gasteiger partial charge in [0.15, 0.2) is 23.7 Å². The molecule has 2 aromatic carbocycles. The highest BCUT2D eigenvalue weighted by atomic mass is 16.5. The molecule has 1 aliphatic heterocycles. The number of rotatable bonds is 2. The molecule has 130 valence electrons. The third kappa shape index (κ3) is 2.94. The summed E-state index contributed by atoms with van der Waals surface area (Å²) in [5.41, 5.74) is 0.0685. The molecule has 8 nitrogen and oxygen atoms in total. The summed E-state index contributed by atoms with van der Waals surface area (Å²) >= 11 is 0. The Morgan fingerprint density at radius 1 is 1.12 bits per heavy atom. The van der Waals surface area contributed by atoms with Crippen LogP contribution >= 0.6 is 0 Å². The summed E-state index contributed by atoms with van der Waals surface area (Å²) in [7, 11) is 0. The number of ketones is 1. The number of aliphatic hydroxyl groups is 1. The monoisotopic (exact) mass is 346 g/mol. The molecule has 2 aromatic rings. The van der Waals surface area contributed by atoms with Crippen molar-refractivity contribution in [1.82, 2.24) is 0 Å². The first-order chi connectivity index (χ1) is 11.8. The molecule has 0 aromatic heterocycles. The molecule has 0 spiro atoms. The van der Waals surface area contributed by atoms with Crippen molar-refractivity contribution < 1.29 is 39.5 Å². The van der Waals surface area contributed by atoms with Crippen LogP contribution < -0.4 is 9.47 Å². The maximum Gasteiger partial charge on any atom is 0.308 e. The van der Waals surface area contributed by atoms with Crippen molar-refractivity contribution in [3.8, 4) is 28.7 Å². The van der Waals surface area contributed by atoms with Crippen molar-refractivity contribution in [3.63, 3.8) is 0 Å². The van der Waals surface area contributed by atoms with Crippen molar-refractivity contribution >= 4 is 11.8 Å². The Balaban J connectivity index is 2.08. The molecule has 0 aliphatic carbocycles. The second-order valence-corrected chi connectivity index (χ2v) is 5.51. The molecule has 2 atom stereocenters. The van der Waals surface area contributed by atoms with Crippen molar-refractivity contribution in [2.24, 2.45) is 0 Å². The minimum Gasteiger partial charge on any atom is -0.508 e. The van der Waals surface area contributed by atoms with Gasteiger partial charge in [-0.2, -0.15) is 0 Å². The summed E-state index contributed by atoms with van der Waals surface area (Å²) < 4.78 is 10.5. The van der Waals surface area contributed by atoms with E-state index in [4.69, 9.17) is 9.47 Å². The molecule has 0 unspecified atom stereocenters. The number of benzene rings is 2. The molecule has 25 heavy (non-hydrogen) atoms. The third-order valence-corrected chi connectivity index (χ3v) is 3.69. The van der Waals surface area contributed by atoms with Gasteiger partial charge in [-0.15, -0.1) is 0 Å². The summed E-state index contributed by atoms with van der Waals surface area (Å²) in [6.45, 7) is 1.13. The number of aromatic hydroxyl groups is 3. The smallest absolute Gasteiger partial charge is 0.308 e. The highest BCUT2D eigenvalue weighted by Crippen LogP contribution is 2.43. The summed E-state index contributed by atoms with van der Waals surface area (Å²) in [4.78, 5) is 23.7. The van der Waals surface area contributed by atoms with E-state index in [9.17, 15) is 30.0 Å². The maximum absolute atomic E-state index is 12.6. The van der Waals surface area contributed by atoms with Crippen molar-refractivity contribution in [3.05, 3.63) is 41.5 Å². The molecule has 0 amide bonds. The van der Waals surface area contributed by atoms with Crippen molar-refractivity contribution in [2.75, 3.05) is 0 Å². The molecule has 0 bridgehead atoms. The molecule has 1 aliphatic rings. The second kappa shape index (κ2) is 5.99. The SMILES string of the molecule is CC(=O)Oc1cc(O)cc2c1C(=O)[C@H](O)[C@@H](c1ccc(O)c(O)c1)O2. The van der Waals surface area contributed by atoms with Crippen LogP contribution in [-0.4, -0.2) is 38.3 Å². The molecule has 8 heteroatoms. The van der Waals surface area contributed by atoms with Gasteiger partial charge < -0.3 is 29.9 Å². The Morgan fingerprint density at radius 3 is 2.48 bits per heavy atom. The topological polar surface area (TPSA) is 134 Å². The van der Waals surface area contributed by atoms with Crippen molar-refractivity contribution in [2.45, 2.75) is 19.1 Å². The summed E-state index contributed by atoms with van der Waals surface area (Å²) in [6, 6.07) is 5.93. The van der Waals surface area contributed by atoms with Crippen LogP contribution in [0, 0.1) is 0 Å². The number of ether oxygens (including phenoxy) is 2. The predicted octanol–water partition coefficient (Wildman–Crippen LogP) is 1.41. The largest absolute Gasteiger partial charge is 0.508 e. The minimum absolute atomic E-state index is 0.0795. The van der Waals surface area contributed by atoms with E-state index in [1.165, 1.54) is 12.1 Å². The van der Waals surface area contributed by atoms with E-state index in [1.807, 2.05) is 0 Å². The van der Waals surface area contributed by atoms with Gasteiger partial charge in [0.05, 0.1) is 0 Å². The van der Waals surface area contributed by atoms with Gasteiger partial charge in [0.2, 0.25) is 5.78 Å². The van der Waals surface area contributed by atoms with Crippen LogP contribution in [0.5, 0.6) is 28.7 Å². The lowest BCUT2D eigenvalue weighted by Crippen LogP contribution is -2.36. The first kappa shape index (κ1) is 16.6. The number of hydrogen-bond acceptors (Lipinski definition) is 8. The van der Waals surface area contributed by atoms with E-state index in [0.717, 1.165) is 25.1 Å². The lowest BCUT2D eigenvalue weighted by molar-refractivity contribution is -0.131. The first-order valence-corrected chi connectivity index (χ1v) is 7.24. The zero-order valence-corrected chi connectivity index (χ0v) is 13.0. The fraction of sp³-hybridized carbons (Fsp3) is 0.176. The Bertz CT molecular complexity index is 873. The number of Topliss-reactive ketones (excluding diaryl/α,β-unsaturated/α-hetero) is 1. The van der Waals surface area contributed by atoms with E-state index < -0.39 is 29.7 Å². The van der Waals surface area contributed by atoms with Crippen LogP contribution in [0.2, 0.25) is 0 Å². The molecule has 4 N–H and O–H groups in total. The highest BCUT2D eigenvalue weighted by Gasteiger charge is 2.40. The van der Waals surface area contributed by atoms with Crippen LogP contribution in [0.15, 0.2) is 30.3 Å². The number of esters is 1. The lowest BCUT2D eigenvalue weighted by Gasteiger charge is -2.30. The molecule has 0 radical (unpaired) electrons. The molecule has 0 saturated heterocycles. The quantitative estimate of drug-likeness (QED) is 0.364. The van der Waals surface area contributed by atoms with E-state index in [2.05, 4.69) is 0 Å². The molecule has 1 heterocycles. The van der Waals surface area contributed by atoms with Crippen molar-refractivity contribution in [1.29, 1.82) is 0 Å². The maximum atomic E-state index is 12.6.